The van der Waals surface area contributed by atoms with E-state index in [4.69, 9.17) is 9.47 Å². The SMILES string of the molecule is COc1cc(CN[C@H](C)C23CC4CC(CC(C4)C2)C3)ccc1OCc1ccccc1. The molecule has 0 aromatic heterocycles. The fourth-order valence-electron chi connectivity index (χ4n) is 6.87. The van der Waals surface area contributed by atoms with Crippen molar-refractivity contribution in [3.63, 3.8) is 0 Å². The Bertz CT molecular complexity index is 827. The van der Waals surface area contributed by atoms with Crippen molar-refractivity contribution in [2.24, 2.45) is 23.2 Å². The van der Waals surface area contributed by atoms with E-state index in [1.165, 1.54) is 44.1 Å². The van der Waals surface area contributed by atoms with Gasteiger partial charge in [-0.1, -0.05) is 36.4 Å². The van der Waals surface area contributed by atoms with Gasteiger partial charge in [0.2, 0.25) is 0 Å². The molecule has 4 fully saturated rings. The molecule has 0 aliphatic heterocycles. The molecule has 0 amide bonds. The van der Waals surface area contributed by atoms with Crippen LogP contribution in [0.2, 0.25) is 0 Å². The van der Waals surface area contributed by atoms with Crippen LogP contribution >= 0.6 is 0 Å². The molecule has 1 N–H and O–H groups in total. The van der Waals surface area contributed by atoms with Gasteiger partial charge >= 0.3 is 0 Å². The summed E-state index contributed by atoms with van der Waals surface area (Å²) in [5, 5.41) is 3.89. The van der Waals surface area contributed by atoms with Gasteiger partial charge in [-0.3, -0.25) is 0 Å². The summed E-state index contributed by atoms with van der Waals surface area (Å²) < 4.78 is 11.6. The summed E-state index contributed by atoms with van der Waals surface area (Å²) in [5.41, 5.74) is 2.96. The summed E-state index contributed by atoms with van der Waals surface area (Å²) in [6.45, 7) is 3.87. The molecule has 2 aromatic carbocycles. The van der Waals surface area contributed by atoms with Crippen molar-refractivity contribution in [3.05, 3.63) is 59.7 Å². The quantitative estimate of drug-likeness (QED) is 0.587. The number of methoxy groups -OCH3 is 1. The lowest BCUT2D eigenvalue weighted by Gasteiger charge is -2.59. The summed E-state index contributed by atoms with van der Waals surface area (Å²) in [7, 11) is 1.72. The van der Waals surface area contributed by atoms with Crippen LogP contribution in [0.4, 0.5) is 0 Å². The highest BCUT2D eigenvalue weighted by Gasteiger charge is 2.52. The Morgan fingerprint density at radius 2 is 1.57 bits per heavy atom. The minimum Gasteiger partial charge on any atom is -0.493 e. The van der Waals surface area contributed by atoms with E-state index in [-0.39, 0.29) is 0 Å². The second-order valence-electron chi connectivity index (χ2n) is 10.1. The fourth-order valence-corrected chi connectivity index (χ4v) is 6.87. The Hall–Kier alpha value is -2.00. The molecule has 0 saturated heterocycles. The molecule has 2 aromatic rings. The number of nitrogens with one attached hydrogen (secondary N) is 1. The molecular weight excluding hydrogens is 370 g/mol. The van der Waals surface area contributed by atoms with E-state index in [9.17, 15) is 0 Å². The van der Waals surface area contributed by atoms with Crippen molar-refractivity contribution in [1.82, 2.24) is 5.32 Å². The van der Waals surface area contributed by atoms with E-state index >= 15 is 0 Å². The van der Waals surface area contributed by atoms with Gasteiger partial charge in [0, 0.05) is 12.6 Å². The largest absolute Gasteiger partial charge is 0.493 e. The first-order chi connectivity index (χ1) is 14.6. The molecule has 4 bridgehead atoms. The van der Waals surface area contributed by atoms with Crippen molar-refractivity contribution in [3.8, 4) is 11.5 Å². The molecule has 0 spiro atoms. The zero-order valence-electron chi connectivity index (χ0n) is 18.4. The number of hydrogen-bond acceptors (Lipinski definition) is 3. The number of rotatable bonds is 8. The van der Waals surface area contributed by atoms with Crippen molar-refractivity contribution in [2.45, 2.75) is 64.6 Å². The molecule has 1 atom stereocenters. The van der Waals surface area contributed by atoms with Crippen LogP contribution in [0.5, 0.6) is 11.5 Å². The summed E-state index contributed by atoms with van der Waals surface area (Å²) >= 11 is 0. The molecule has 3 nitrogen and oxygen atoms in total. The van der Waals surface area contributed by atoms with E-state index in [1.54, 1.807) is 7.11 Å². The average Bonchev–Trinajstić information content (AvgIpc) is 2.76. The Morgan fingerprint density at radius 3 is 2.20 bits per heavy atom. The lowest BCUT2D eigenvalue weighted by atomic mass is 9.48. The molecule has 0 radical (unpaired) electrons. The maximum absolute atomic E-state index is 6.01. The van der Waals surface area contributed by atoms with E-state index in [2.05, 4.69) is 36.5 Å². The monoisotopic (exact) mass is 405 g/mol. The lowest BCUT2D eigenvalue weighted by molar-refractivity contribution is -0.0706. The van der Waals surface area contributed by atoms with Gasteiger partial charge in [0.05, 0.1) is 7.11 Å². The predicted octanol–water partition coefficient (Wildman–Crippen LogP) is 5.97. The highest BCUT2D eigenvalue weighted by Crippen LogP contribution is 2.61. The van der Waals surface area contributed by atoms with Gasteiger partial charge in [-0.25, -0.2) is 0 Å². The van der Waals surface area contributed by atoms with Crippen LogP contribution in [0.3, 0.4) is 0 Å². The molecule has 4 saturated carbocycles. The van der Waals surface area contributed by atoms with Crippen LogP contribution in [0.25, 0.3) is 0 Å². The van der Waals surface area contributed by atoms with Crippen molar-refractivity contribution >= 4 is 0 Å². The van der Waals surface area contributed by atoms with Crippen molar-refractivity contribution < 1.29 is 9.47 Å². The van der Waals surface area contributed by atoms with Crippen LogP contribution in [0.15, 0.2) is 48.5 Å². The van der Waals surface area contributed by atoms with Gasteiger partial charge in [0.25, 0.3) is 0 Å². The molecule has 4 aliphatic rings. The zero-order chi connectivity index (χ0) is 20.6. The number of ether oxygens (including phenoxy) is 2. The lowest BCUT2D eigenvalue weighted by Crippen LogP contribution is -2.54. The average molecular weight is 406 g/mol. The Balaban J connectivity index is 1.21. The third-order valence-electron chi connectivity index (χ3n) is 8.08. The molecule has 4 aliphatic carbocycles. The highest BCUT2D eigenvalue weighted by molar-refractivity contribution is 5.43. The Kier molecular flexibility index (Phi) is 5.49. The first-order valence-corrected chi connectivity index (χ1v) is 11.7. The first-order valence-electron chi connectivity index (χ1n) is 11.7. The van der Waals surface area contributed by atoms with Crippen LogP contribution < -0.4 is 14.8 Å². The molecule has 160 valence electrons. The minimum absolute atomic E-state index is 0.539. The van der Waals surface area contributed by atoms with Crippen LogP contribution in [-0.4, -0.2) is 13.2 Å². The standard InChI is InChI=1S/C27H35NO2/c1-19(27-14-22-10-23(15-27)12-24(11-22)16-27)28-17-21-8-9-25(26(13-21)29-2)30-18-20-6-4-3-5-7-20/h3-9,13,19,22-24,28H,10-12,14-18H2,1-2H3/t19-,22?,23?,24?,27?/m1/s1. The maximum atomic E-state index is 6.01. The van der Waals surface area contributed by atoms with E-state index in [0.717, 1.165) is 41.4 Å². The predicted molar refractivity (Wildman–Crippen MR) is 121 cm³/mol. The first kappa shape index (κ1) is 19.9. The van der Waals surface area contributed by atoms with Crippen LogP contribution in [0, 0.1) is 23.2 Å². The van der Waals surface area contributed by atoms with Gasteiger partial charge in [0.1, 0.15) is 6.61 Å². The van der Waals surface area contributed by atoms with Gasteiger partial charge in [-0.15, -0.1) is 0 Å². The molecule has 30 heavy (non-hydrogen) atoms. The van der Waals surface area contributed by atoms with Crippen molar-refractivity contribution in [1.29, 1.82) is 0 Å². The summed E-state index contributed by atoms with van der Waals surface area (Å²) in [6, 6.07) is 17.2. The zero-order valence-corrected chi connectivity index (χ0v) is 18.4. The molecule has 3 heteroatoms. The topological polar surface area (TPSA) is 30.5 Å². The summed E-state index contributed by atoms with van der Waals surface area (Å²) in [4.78, 5) is 0. The van der Waals surface area contributed by atoms with E-state index in [0.29, 0.717) is 18.1 Å². The Morgan fingerprint density at radius 1 is 0.900 bits per heavy atom. The molecule has 0 heterocycles. The van der Waals surface area contributed by atoms with Gasteiger partial charge in [-0.05, 0) is 91.9 Å². The Labute approximate surface area is 181 Å². The van der Waals surface area contributed by atoms with Gasteiger partial charge in [0.15, 0.2) is 11.5 Å². The minimum atomic E-state index is 0.539. The number of hydrogen-bond donors (Lipinski definition) is 1. The highest BCUT2D eigenvalue weighted by atomic mass is 16.5. The van der Waals surface area contributed by atoms with Crippen LogP contribution in [-0.2, 0) is 13.2 Å². The molecule has 6 rings (SSSR count). The number of benzene rings is 2. The molecule has 0 unspecified atom stereocenters. The fraction of sp³-hybridized carbons (Fsp3) is 0.556. The third-order valence-corrected chi connectivity index (χ3v) is 8.08. The van der Waals surface area contributed by atoms with Crippen molar-refractivity contribution in [2.75, 3.05) is 7.11 Å². The van der Waals surface area contributed by atoms with E-state index in [1.807, 2.05) is 24.3 Å². The second-order valence-corrected chi connectivity index (χ2v) is 10.1. The maximum Gasteiger partial charge on any atom is 0.161 e. The third kappa shape index (κ3) is 3.97. The van der Waals surface area contributed by atoms with E-state index < -0.39 is 0 Å². The molecular formula is C27H35NO2. The second kappa shape index (κ2) is 8.26. The normalized spacial score (nSPS) is 30.3. The van der Waals surface area contributed by atoms with Gasteiger partial charge < -0.3 is 14.8 Å². The van der Waals surface area contributed by atoms with Crippen LogP contribution in [0.1, 0.15) is 56.6 Å². The summed E-state index contributed by atoms with van der Waals surface area (Å²) in [5.74, 6) is 4.62. The smallest absolute Gasteiger partial charge is 0.161 e. The summed E-state index contributed by atoms with van der Waals surface area (Å²) in [6.07, 6.45) is 8.86. The van der Waals surface area contributed by atoms with Gasteiger partial charge in [-0.2, -0.15) is 0 Å².